The summed E-state index contributed by atoms with van der Waals surface area (Å²) in [6.45, 7) is 10.3. The number of likely N-dealkylation sites (tertiary alicyclic amines) is 1. The lowest BCUT2D eigenvalue weighted by molar-refractivity contribution is -0.111. The number of hydrogen-bond donors (Lipinski definition) is 2. The molecule has 3 aromatic rings. The monoisotopic (exact) mass is 557 g/mol. The number of amides is 2. The van der Waals surface area contributed by atoms with E-state index in [4.69, 9.17) is 9.47 Å². The zero-order chi connectivity index (χ0) is 29.0. The van der Waals surface area contributed by atoms with Gasteiger partial charge in [-0.25, -0.2) is 27.9 Å². The minimum absolute atomic E-state index is 0.102. The van der Waals surface area contributed by atoms with Crippen LogP contribution in [0.5, 0.6) is 5.75 Å². The van der Waals surface area contributed by atoms with Crippen LogP contribution in [0.15, 0.2) is 43.2 Å². The van der Waals surface area contributed by atoms with Gasteiger partial charge in [-0.15, -0.1) is 0 Å². The number of carbonyl (C=O) groups is 2. The van der Waals surface area contributed by atoms with E-state index in [2.05, 4.69) is 27.2 Å². The lowest BCUT2D eigenvalue weighted by Crippen LogP contribution is -2.42. The predicted octanol–water partition coefficient (Wildman–Crippen LogP) is 5.94. The number of nitrogens with zero attached hydrogens (tertiary/aromatic N) is 3. The van der Waals surface area contributed by atoms with E-state index in [9.17, 15) is 22.8 Å². The molecule has 1 fully saturated rings. The molecule has 0 saturated carbocycles. The van der Waals surface area contributed by atoms with Crippen LogP contribution in [0.2, 0.25) is 0 Å². The number of piperidine rings is 1. The second-order valence-electron chi connectivity index (χ2n) is 10.4. The fourth-order valence-electron chi connectivity index (χ4n) is 4.15. The molecule has 9 nitrogen and oxygen atoms in total. The first-order valence-corrected chi connectivity index (χ1v) is 12.7. The molecule has 4 rings (SSSR count). The molecule has 1 aliphatic heterocycles. The van der Waals surface area contributed by atoms with Crippen LogP contribution < -0.4 is 15.4 Å². The van der Waals surface area contributed by atoms with Crippen molar-refractivity contribution >= 4 is 40.1 Å². The number of aromatic nitrogens is 2. The summed E-state index contributed by atoms with van der Waals surface area (Å²) in [4.78, 5) is 34.5. The van der Waals surface area contributed by atoms with Crippen molar-refractivity contribution in [3.05, 3.63) is 60.7 Å². The molecule has 1 aromatic heterocycles. The van der Waals surface area contributed by atoms with Gasteiger partial charge in [0.15, 0.2) is 17.5 Å². The van der Waals surface area contributed by atoms with Crippen LogP contribution >= 0.6 is 0 Å². The maximum absolute atomic E-state index is 14.3. The summed E-state index contributed by atoms with van der Waals surface area (Å²) in [5.74, 6) is -4.24. The Morgan fingerprint density at radius 3 is 2.50 bits per heavy atom. The average molecular weight is 558 g/mol. The Morgan fingerprint density at radius 2 is 1.82 bits per heavy atom. The number of rotatable bonds is 7. The van der Waals surface area contributed by atoms with Crippen LogP contribution in [0.25, 0.3) is 10.9 Å². The van der Waals surface area contributed by atoms with Gasteiger partial charge in [0.25, 0.3) is 0 Å². The first-order chi connectivity index (χ1) is 18.9. The molecule has 2 heterocycles. The fraction of sp³-hybridized carbons (Fsp3) is 0.357. The standard InChI is InChI=1S/C28H30F3N5O4/c1-5-23(37)34-21-12-17-20(32-15-33-26(17)35-19-7-6-18(29)24(30)25(19)31)13-22(21)39-14-16-8-10-36(11-9-16)27(38)40-28(2,3)4/h5-7,12-13,15-16H,1,8-11,14H2,2-4H3,(H,34,37)(H,32,33,35). The van der Waals surface area contributed by atoms with Gasteiger partial charge in [-0.05, 0) is 63.8 Å². The summed E-state index contributed by atoms with van der Waals surface area (Å²) in [5, 5.41) is 5.71. The third-order valence-electron chi connectivity index (χ3n) is 6.21. The van der Waals surface area contributed by atoms with Crippen molar-refractivity contribution < 1.29 is 32.2 Å². The highest BCUT2D eigenvalue weighted by Gasteiger charge is 2.27. The second-order valence-corrected chi connectivity index (χ2v) is 10.4. The summed E-state index contributed by atoms with van der Waals surface area (Å²) in [5.41, 5.74) is -0.213. The Morgan fingerprint density at radius 1 is 1.10 bits per heavy atom. The molecule has 0 atom stereocenters. The van der Waals surface area contributed by atoms with Gasteiger partial charge in [-0.1, -0.05) is 6.58 Å². The van der Waals surface area contributed by atoms with E-state index < -0.39 is 29.0 Å². The van der Waals surface area contributed by atoms with Crippen molar-refractivity contribution in [1.82, 2.24) is 14.9 Å². The van der Waals surface area contributed by atoms with Crippen LogP contribution in [0, 0.1) is 23.4 Å². The highest BCUT2D eigenvalue weighted by molar-refractivity contribution is 6.03. The Bertz CT molecular complexity index is 1440. The van der Waals surface area contributed by atoms with Crippen LogP contribution in [-0.4, -0.2) is 52.2 Å². The van der Waals surface area contributed by atoms with Crippen molar-refractivity contribution in [2.45, 2.75) is 39.2 Å². The van der Waals surface area contributed by atoms with Gasteiger partial charge < -0.3 is 25.0 Å². The smallest absolute Gasteiger partial charge is 0.410 e. The molecule has 2 N–H and O–H groups in total. The molecule has 212 valence electrons. The van der Waals surface area contributed by atoms with E-state index in [1.165, 1.54) is 12.4 Å². The van der Waals surface area contributed by atoms with Crippen molar-refractivity contribution in [3.63, 3.8) is 0 Å². The quantitative estimate of drug-likeness (QED) is 0.274. The third-order valence-corrected chi connectivity index (χ3v) is 6.21. The van der Waals surface area contributed by atoms with Gasteiger partial charge >= 0.3 is 6.09 Å². The van der Waals surface area contributed by atoms with Crippen molar-refractivity contribution in [1.29, 1.82) is 0 Å². The fourth-order valence-corrected chi connectivity index (χ4v) is 4.15. The minimum Gasteiger partial charge on any atom is -0.491 e. The average Bonchev–Trinajstić information content (AvgIpc) is 2.91. The molecule has 2 amide bonds. The van der Waals surface area contributed by atoms with Crippen molar-refractivity contribution in [3.8, 4) is 5.75 Å². The van der Waals surface area contributed by atoms with Crippen LogP contribution in [0.3, 0.4) is 0 Å². The van der Waals surface area contributed by atoms with Gasteiger partial charge in [-0.2, -0.15) is 0 Å². The molecular formula is C28H30F3N5O4. The number of fused-ring (bicyclic) bond motifs is 1. The normalized spacial score (nSPS) is 14.1. The van der Waals surface area contributed by atoms with Gasteiger partial charge in [0, 0.05) is 24.5 Å². The van der Waals surface area contributed by atoms with Crippen LogP contribution in [0.4, 0.5) is 35.2 Å². The summed E-state index contributed by atoms with van der Waals surface area (Å²) in [7, 11) is 0. The van der Waals surface area contributed by atoms with E-state index in [-0.39, 0.29) is 29.2 Å². The number of anilines is 3. The maximum atomic E-state index is 14.3. The first kappa shape index (κ1) is 28.7. The zero-order valence-electron chi connectivity index (χ0n) is 22.4. The molecule has 0 radical (unpaired) electrons. The molecule has 0 unspecified atom stereocenters. The van der Waals surface area contributed by atoms with E-state index in [1.807, 2.05) is 20.8 Å². The summed E-state index contributed by atoms with van der Waals surface area (Å²) in [6, 6.07) is 4.98. The third kappa shape index (κ3) is 6.80. The number of halogens is 3. The molecule has 1 aliphatic rings. The van der Waals surface area contributed by atoms with E-state index >= 15 is 0 Å². The van der Waals surface area contributed by atoms with Crippen molar-refractivity contribution in [2.75, 3.05) is 30.3 Å². The zero-order valence-corrected chi connectivity index (χ0v) is 22.4. The van der Waals surface area contributed by atoms with Gasteiger partial charge in [0.05, 0.1) is 23.5 Å². The maximum Gasteiger partial charge on any atom is 0.410 e. The highest BCUT2D eigenvalue weighted by atomic mass is 19.2. The summed E-state index contributed by atoms with van der Waals surface area (Å²) < 4.78 is 53.0. The Hall–Kier alpha value is -4.35. The topological polar surface area (TPSA) is 106 Å². The van der Waals surface area contributed by atoms with Gasteiger partial charge in [-0.3, -0.25) is 4.79 Å². The first-order valence-electron chi connectivity index (χ1n) is 12.7. The van der Waals surface area contributed by atoms with Crippen LogP contribution in [-0.2, 0) is 9.53 Å². The largest absolute Gasteiger partial charge is 0.491 e. The van der Waals surface area contributed by atoms with Crippen LogP contribution in [0.1, 0.15) is 33.6 Å². The molecule has 1 saturated heterocycles. The van der Waals surface area contributed by atoms with E-state index in [0.29, 0.717) is 49.2 Å². The SMILES string of the molecule is C=CC(=O)Nc1cc2c(Nc3ccc(F)c(F)c3F)ncnc2cc1OCC1CCN(C(=O)OC(C)(C)C)CC1. The summed E-state index contributed by atoms with van der Waals surface area (Å²) in [6.07, 6.45) is 3.38. The van der Waals surface area contributed by atoms with Gasteiger partial charge in [0.1, 0.15) is 23.5 Å². The molecular weight excluding hydrogens is 527 g/mol. The highest BCUT2D eigenvalue weighted by Crippen LogP contribution is 2.35. The molecule has 12 heteroatoms. The Kier molecular flexibility index (Phi) is 8.46. The second kappa shape index (κ2) is 11.8. The number of ether oxygens (including phenoxy) is 2. The number of nitrogens with one attached hydrogen (secondary N) is 2. The predicted molar refractivity (Wildman–Crippen MR) is 144 cm³/mol. The molecule has 2 aromatic carbocycles. The number of benzene rings is 2. The molecule has 40 heavy (non-hydrogen) atoms. The lowest BCUT2D eigenvalue weighted by atomic mass is 9.98. The van der Waals surface area contributed by atoms with E-state index in [1.54, 1.807) is 11.0 Å². The lowest BCUT2D eigenvalue weighted by Gasteiger charge is -2.33. The van der Waals surface area contributed by atoms with Gasteiger partial charge in [0.2, 0.25) is 5.91 Å². The summed E-state index contributed by atoms with van der Waals surface area (Å²) >= 11 is 0. The minimum atomic E-state index is -1.62. The van der Waals surface area contributed by atoms with Crippen molar-refractivity contribution in [2.24, 2.45) is 5.92 Å². The molecule has 0 bridgehead atoms. The van der Waals surface area contributed by atoms with E-state index in [0.717, 1.165) is 18.2 Å². The number of hydrogen-bond acceptors (Lipinski definition) is 7. The number of carbonyl (C=O) groups excluding carboxylic acids is 2. The Balaban J connectivity index is 1.53. The molecule has 0 aliphatic carbocycles. The molecule has 0 spiro atoms. The Labute approximate surface area is 229 Å².